The number of carbonyl (C=O) groups is 1. The molecule has 4 N–H and O–H groups in total. The fourth-order valence-corrected chi connectivity index (χ4v) is 2.13. The van der Waals surface area contributed by atoms with Crippen molar-refractivity contribution in [2.45, 2.75) is 25.9 Å². The fraction of sp³-hybridized carbons (Fsp3) is 0.400. The number of halogens is 1. The highest BCUT2D eigenvalue weighted by Crippen LogP contribution is 2.19. The van der Waals surface area contributed by atoms with Crippen LogP contribution in [-0.2, 0) is 6.42 Å². The molecule has 1 unspecified atom stereocenters. The number of hydrogen-bond donors (Lipinski definition) is 4. The molecule has 2 aromatic rings. The van der Waals surface area contributed by atoms with E-state index >= 15 is 0 Å². The van der Waals surface area contributed by atoms with Crippen molar-refractivity contribution < 1.29 is 14.3 Å². The Morgan fingerprint density at radius 2 is 2.14 bits per heavy atom. The zero-order valence-corrected chi connectivity index (χ0v) is 11.9. The first-order chi connectivity index (χ1) is 10.1. The van der Waals surface area contributed by atoms with Crippen LogP contribution in [0.15, 0.2) is 24.4 Å². The van der Waals surface area contributed by atoms with E-state index in [1.807, 2.05) is 6.20 Å². The molecule has 114 valence electrons. The summed E-state index contributed by atoms with van der Waals surface area (Å²) in [6.45, 7) is 2.57. The normalized spacial score (nSPS) is 12.3. The van der Waals surface area contributed by atoms with Gasteiger partial charge in [-0.2, -0.15) is 0 Å². The Hall–Kier alpha value is -2.08. The van der Waals surface area contributed by atoms with E-state index in [1.165, 1.54) is 12.1 Å². The molecular formula is C15H20FN3O2. The third-order valence-electron chi connectivity index (χ3n) is 3.26. The van der Waals surface area contributed by atoms with E-state index in [2.05, 4.69) is 15.6 Å². The number of nitrogens with one attached hydrogen (secondary N) is 3. The van der Waals surface area contributed by atoms with E-state index in [0.717, 1.165) is 16.5 Å². The molecule has 0 aliphatic rings. The second-order valence-electron chi connectivity index (χ2n) is 5.07. The maximum atomic E-state index is 13.2. The number of aliphatic hydroxyl groups excluding tert-OH is 1. The van der Waals surface area contributed by atoms with Crippen molar-refractivity contribution in [3.8, 4) is 0 Å². The number of amides is 2. The van der Waals surface area contributed by atoms with E-state index in [0.29, 0.717) is 25.9 Å². The Labute approximate surface area is 122 Å². The summed E-state index contributed by atoms with van der Waals surface area (Å²) in [5.74, 6) is -0.271. The smallest absolute Gasteiger partial charge is 0.314 e. The van der Waals surface area contributed by atoms with Gasteiger partial charge in [-0.3, -0.25) is 0 Å². The van der Waals surface area contributed by atoms with Gasteiger partial charge in [-0.25, -0.2) is 9.18 Å². The first-order valence-corrected chi connectivity index (χ1v) is 7.01. The summed E-state index contributed by atoms with van der Waals surface area (Å²) in [5.41, 5.74) is 1.85. The lowest BCUT2D eigenvalue weighted by Crippen LogP contribution is -2.37. The second-order valence-corrected chi connectivity index (χ2v) is 5.07. The van der Waals surface area contributed by atoms with Crippen LogP contribution in [0.4, 0.5) is 9.18 Å². The molecule has 0 fully saturated rings. The van der Waals surface area contributed by atoms with Gasteiger partial charge in [0.1, 0.15) is 5.82 Å². The van der Waals surface area contributed by atoms with Crippen LogP contribution in [0.2, 0.25) is 0 Å². The molecular weight excluding hydrogens is 273 g/mol. The quantitative estimate of drug-likeness (QED) is 0.656. The average Bonchev–Trinajstić information content (AvgIpc) is 2.81. The predicted octanol–water partition coefficient (Wildman–Crippen LogP) is 1.92. The lowest BCUT2D eigenvalue weighted by Gasteiger charge is -2.08. The van der Waals surface area contributed by atoms with E-state index in [4.69, 9.17) is 5.11 Å². The van der Waals surface area contributed by atoms with E-state index in [1.54, 1.807) is 13.0 Å². The number of fused-ring (bicyclic) bond motifs is 1. The number of hydrogen-bond acceptors (Lipinski definition) is 2. The van der Waals surface area contributed by atoms with Crippen molar-refractivity contribution in [3.63, 3.8) is 0 Å². The number of carbonyl (C=O) groups excluding carboxylic acids is 1. The molecule has 6 heteroatoms. The standard InChI is InChI=1S/C15H20FN3O2/c1-10(20)4-6-17-15(21)18-7-5-11-9-19-14-3-2-12(16)8-13(11)14/h2-3,8-10,19-20H,4-7H2,1H3,(H2,17,18,21). The minimum absolute atomic E-state index is 0.262. The third kappa shape index (κ3) is 4.46. The highest BCUT2D eigenvalue weighted by molar-refractivity contribution is 5.83. The molecule has 0 spiro atoms. The lowest BCUT2D eigenvalue weighted by molar-refractivity contribution is 0.183. The van der Waals surface area contributed by atoms with Crippen LogP contribution < -0.4 is 10.6 Å². The minimum atomic E-state index is -0.425. The average molecular weight is 293 g/mol. The summed E-state index contributed by atoms with van der Waals surface area (Å²) in [5, 5.41) is 15.3. The molecule has 0 saturated carbocycles. The van der Waals surface area contributed by atoms with E-state index in [9.17, 15) is 9.18 Å². The summed E-state index contributed by atoms with van der Waals surface area (Å²) in [4.78, 5) is 14.6. The Kier molecular flexibility index (Phi) is 5.16. The lowest BCUT2D eigenvalue weighted by atomic mass is 10.1. The summed E-state index contributed by atoms with van der Waals surface area (Å²) < 4.78 is 13.2. The SMILES string of the molecule is CC(O)CCNC(=O)NCCc1c[nH]c2ccc(F)cc12. The molecule has 1 heterocycles. The molecule has 0 radical (unpaired) electrons. The molecule has 5 nitrogen and oxygen atoms in total. The topological polar surface area (TPSA) is 77.2 Å². The molecule has 0 aliphatic carbocycles. The van der Waals surface area contributed by atoms with Gasteiger partial charge in [-0.05, 0) is 43.5 Å². The van der Waals surface area contributed by atoms with Crippen molar-refractivity contribution in [3.05, 3.63) is 35.8 Å². The number of rotatable bonds is 6. The largest absolute Gasteiger partial charge is 0.393 e. The molecule has 1 atom stereocenters. The van der Waals surface area contributed by atoms with Gasteiger partial charge in [0.05, 0.1) is 6.10 Å². The Morgan fingerprint density at radius 3 is 2.90 bits per heavy atom. The molecule has 0 aliphatic heterocycles. The highest BCUT2D eigenvalue weighted by atomic mass is 19.1. The molecule has 1 aromatic carbocycles. The highest BCUT2D eigenvalue weighted by Gasteiger charge is 2.06. The number of aromatic nitrogens is 1. The molecule has 21 heavy (non-hydrogen) atoms. The maximum absolute atomic E-state index is 13.2. The summed E-state index contributed by atoms with van der Waals surface area (Å²) in [6, 6.07) is 4.34. The number of H-pyrrole nitrogens is 1. The van der Waals surface area contributed by atoms with Crippen molar-refractivity contribution in [1.82, 2.24) is 15.6 Å². The Morgan fingerprint density at radius 1 is 1.38 bits per heavy atom. The van der Waals surface area contributed by atoms with Gasteiger partial charge in [0.15, 0.2) is 0 Å². The van der Waals surface area contributed by atoms with Crippen molar-refractivity contribution in [2.75, 3.05) is 13.1 Å². The van der Waals surface area contributed by atoms with Gasteiger partial charge >= 0.3 is 6.03 Å². The zero-order valence-electron chi connectivity index (χ0n) is 11.9. The van der Waals surface area contributed by atoms with Crippen LogP contribution >= 0.6 is 0 Å². The summed E-state index contributed by atoms with van der Waals surface area (Å²) >= 11 is 0. The van der Waals surface area contributed by atoms with Crippen LogP contribution in [0.3, 0.4) is 0 Å². The van der Waals surface area contributed by atoms with Gasteiger partial charge in [0, 0.05) is 30.2 Å². The summed E-state index contributed by atoms with van der Waals surface area (Å²) in [6.07, 6.45) is 2.55. The van der Waals surface area contributed by atoms with Crippen LogP contribution in [0, 0.1) is 5.82 Å². The number of aromatic amines is 1. The van der Waals surface area contributed by atoms with Gasteiger partial charge in [0.25, 0.3) is 0 Å². The number of urea groups is 1. The molecule has 2 rings (SSSR count). The Balaban J connectivity index is 1.80. The van der Waals surface area contributed by atoms with Crippen molar-refractivity contribution in [1.29, 1.82) is 0 Å². The first kappa shape index (κ1) is 15.3. The van der Waals surface area contributed by atoms with Crippen molar-refractivity contribution >= 4 is 16.9 Å². The van der Waals surface area contributed by atoms with Crippen LogP contribution in [-0.4, -0.2) is 35.3 Å². The fourth-order valence-electron chi connectivity index (χ4n) is 2.13. The van der Waals surface area contributed by atoms with Gasteiger partial charge in [0.2, 0.25) is 0 Å². The van der Waals surface area contributed by atoms with Crippen molar-refractivity contribution in [2.24, 2.45) is 0 Å². The minimum Gasteiger partial charge on any atom is -0.393 e. The first-order valence-electron chi connectivity index (χ1n) is 7.01. The maximum Gasteiger partial charge on any atom is 0.314 e. The van der Waals surface area contributed by atoms with Crippen LogP contribution in [0.1, 0.15) is 18.9 Å². The van der Waals surface area contributed by atoms with Crippen LogP contribution in [0.25, 0.3) is 10.9 Å². The zero-order chi connectivity index (χ0) is 15.2. The van der Waals surface area contributed by atoms with Gasteiger partial charge in [-0.1, -0.05) is 0 Å². The number of benzene rings is 1. The monoisotopic (exact) mass is 293 g/mol. The van der Waals surface area contributed by atoms with E-state index in [-0.39, 0.29) is 11.8 Å². The predicted molar refractivity (Wildman–Crippen MR) is 79.7 cm³/mol. The third-order valence-corrected chi connectivity index (χ3v) is 3.26. The van der Waals surface area contributed by atoms with Gasteiger partial charge < -0.3 is 20.7 Å². The molecule has 0 saturated heterocycles. The van der Waals surface area contributed by atoms with E-state index < -0.39 is 6.10 Å². The molecule has 2 amide bonds. The molecule has 0 bridgehead atoms. The second kappa shape index (κ2) is 7.08. The Bertz CT molecular complexity index is 610. The van der Waals surface area contributed by atoms with Crippen LogP contribution in [0.5, 0.6) is 0 Å². The van der Waals surface area contributed by atoms with Gasteiger partial charge in [-0.15, -0.1) is 0 Å². The summed E-state index contributed by atoms with van der Waals surface area (Å²) in [7, 11) is 0. The molecule has 1 aromatic heterocycles. The number of aliphatic hydroxyl groups is 1.